The number of sulfonamides is 1. The van der Waals surface area contributed by atoms with Crippen molar-refractivity contribution in [1.29, 1.82) is 0 Å². The van der Waals surface area contributed by atoms with Crippen LogP contribution >= 0.6 is 0 Å². The number of hydrogen-bond acceptors (Lipinski definition) is 5. The van der Waals surface area contributed by atoms with E-state index in [0.717, 1.165) is 24.8 Å². The number of likely N-dealkylation sites (N-methyl/N-ethyl adjacent to an activating group) is 1. The number of aliphatic hydroxyl groups excluding tert-OH is 1. The average Bonchev–Trinajstić information content (AvgIpc) is 3.22. The number of nitrogens with zero attached hydrogens (tertiary/aromatic N) is 1. The number of fused-ring (bicyclic) bond motifs is 1. The zero-order valence-corrected chi connectivity index (χ0v) is 22.2. The van der Waals surface area contributed by atoms with E-state index in [1.807, 2.05) is 0 Å². The molecule has 1 aliphatic rings. The van der Waals surface area contributed by atoms with Crippen LogP contribution in [0.25, 0.3) is 6.08 Å². The summed E-state index contributed by atoms with van der Waals surface area (Å²) in [7, 11) is -2.28. The number of allylic oxidation sites excluding steroid dienone is 1. The Morgan fingerprint density at radius 3 is 2.33 bits per heavy atom. The first-order valence-electron chi connectivity index (χ1n) is 12.4. The fraction of sp³-hybridized carbons (Fsp3) is 0.464. The molecular formula is C28H38N2O5S. The van der Waals surface area contributed by atoms with Crippen LogP contribution in [0.2, 0.25) is 0 Å². The van der Waals surface area contributed by atoms with E-state index in [1.54, 1.807) is 24.3 Å². The monoisotopic (exact) mass is 514 g/mol. The van der Waals surface area contributed by atoms with Gasteiger partial charge < -0.3 is 15.5 Å². The number of carboxylic acids is 1. The molecule has 0 saturated heterocycles. The Balaban J connectivity index is 1.48. The summed E-state index contributed by atoms with van der Waals surface area (Å²) in [5.74, 6) is -0.301. The predicted molar refractivity (Wildman–Crippen MR) is 142 cm³/mol. The molecule has 0 amide bonds. The predicted octanol–water partition coefficient (Wildman–Crippen LogP) is 3.72. The van der Waals surface area contributed by atoms with Gasteiger partial charge in [-0.1, -0.05) is 48.6 Å². The number of carbonyl (C=O) groups is 1. The van der Waals surface area contributed by atoms with Gasteiger partial charge in [0.15, 0.2) is 0 Å². The number of β-amino-alcohol motifs (C(OH)–C–C–N with tert-alkyl or cyclic N) is 1. The first-order chi connectivity index (χ1) is 17.0. The third-order valence-electron chi connectivity index (χ3n) is 6.64. The van der Waals surface area contributed by atoms with Crippen molar-refractivity contribution in [3.63, 3.8) is 0 Å². The van der Waals surface area contributed by atoms with E-state index in [0.29, 0.717) is 18.9 Å². The van der Waals surface area contributed by atoms with Gasteiger partial charge in [0, 0.05) is 32.1 Å². The van der Waals surface area contributed by atoms with Gasteiger partial charge in [0.2, 0.25) is 10.0 Å². The Morgan fingerprint density at radius 2 is 1.75 bits per heavy atom. The first kappa shape index (κ1) is 28.1. The Morgan fingerprint density at radius 1 is 1.14 bits per heavy atom. The van der Waals surface area contributed by atoms with Gasteiger partial charge in [0.25, 0.3) is 0 Å². The summed E-state index contributed by atoms with van der Waals surface area (Å²) in [5, 5.41) is 22.7. The van der Waals surface area contributed by atoms with Crippen LogP contribution in [-0.2, 0) is 27.7 Å². The maximum absolute atomic E-state index is 13.0. The minimum Gasteiger partial charge on any atom is -0.481 e. The lowest BCUT2D eigenvalue weighted by Crippen LogP contribution is -2.47. The van der Waals surface area contributed by atoms with Gasteiger partial charge in [-0.15, -0.1) is 0 Å². The molecule has 0 heterocycles. The zero-order chi connectivity index (χ0) is 26.3. The molecule has 1 atom stereocenters. The zero-order valence-electron chi connectivity index (χ0n) is 21.4. The summed E-state index contributed by atoms with van der Waals surface area (Å²) >= 11 is 0. The van der Waals surface area contributed by atoms with Crippen molar-refractivity contribution in [3.8, 4) is 0 Å². The number of benzene rings is 2. The fourth-order valence-corrected chi connectivity index (χ4v) is 6.01. The fourth-order valence-electron chi connectivity index (χ4n) is 4.80. The van der Waals surface area contributed by atoms with Gasteiger partial charge in [-0.05, 0) is 74.3 Å². The molecule has 0 fully saturated rings. The molecule has 0 radical (unpaired) electrons. The lowest BCUT2D eigenvalue weighted by molar-refractivity contribution is -0.136. The molecule has 0 aliphatic heterocycles. The topological polar surface area (TPSA) is 107 Å². The van der Waals surface area contributed by atoms with Gasteiger partial charge >= 0.3 is 5.97 Å². The van der Waals surface area contributed by atoms with Crippen LogP contribution in [0.4, 0.5) is 0 Å². The van der Waals surface area contributed by atoms with Crippen molar-refractivity contribution in [3.05, 3.63) is 71.3 Å². The van der Waals surface area contributed by atoms with Gasteiger partial charge in [0.1, 0.15) is 0 Å². The molecule has 0 unspecified atom stereocenters. The van der Waals surface area contributed by atoms with Crippen molar-refractivity contribution in [2.45, 2.75) is 62.5 Å². The number of carboxylic acid groups (broad SMARTS) is 1. The van der Waals surface area contributed by atoms with Crippen molar-refractivity contribution in [2.75, 3.05) is 20.1 Å². The lowest BCUT2D eigenvalue weighted by atomic mass is 9.88. The number of nitrogens with one attached hydrogen (secondary N) is 1. The third kappa shape index (κ3) is 8.00. The molecule has 1 aliphatic carbocycles. The first-order valence-corrected chi connectivity index (χ1v) is 13.8. The van der Waals surface area contributed by atoms with Crippen molar-refractivity contribution < 1.29 is 23.4 Å². The quantitative estimate of drug-likeness (QED) is 0.376. The molecule has 0 spiro atoms. The maximum atomic E-state index is 13.0. The second kappa shape index (κ2) is 12.1. The highest BCUT2D eigenvalue weighted by Crippen LogP contribution is 2.31. The minimum absolute atomic E-state index is 0.0167. The summed E-state index contributed by atoms with van der Waals surface area (Å²) in [6.45, 7) is 4.53. The summed E-state index contributed by atoms with van der Waals surface area (Å²) < 4.78 is 27.1. The second-order valence-corrected chi connectivity index (χ2v) is 12.4. The molecule has 3 rings (SSSR count). The van der Waals surface area contributed by atoms with E-state index in [2.05, 4.69) is 43.4 Å². The van der Waals surface area contributed by atoms with Crippen LogP contribution < -0.4 is 5.32 Å². The van der Waals surface area contributed by atoms with Crippen molar-refractivity contribution >= 4 is 22.1 Å². The average molecular weight is 515 g/mol. The molecule has 196 valence electrons. The molecule has 0 saturated carbocycles. The van der Waals surface area contributed by atoms with Crippen LogP contribution in [-0.4, -0.2) is 60.7 Å². The van der Waals surface area contributed by atoms with E-state index >= 15 is 0 Å². The van der Waals surface area contributed by atoms with Gasteiger partial charge in [-0.3, -0.25) is 4.79 Å². The molecule has 7 nitrogen and oxygen atoms in total. The second-order valence-electron chi connectivity index (χ2n) is 10.4. The lowest BCUT2D eigenvalue weighted by Gasteiger charge is -2.31. The van der Waals surface area contributed by atoms with Crippen LogP contribution in [0.1, 0.15) is 49.8 Å². The summed E-state index contributed by atoms with van der Waals surface area (Å²) in [6, 6.07) is 15.0. The summed E-state index contributed by atoms with van der Waals surface area (Å²) in [5.41, 5.74) is 3.46. The Hall–Kier alpha value is -2.52. The molecule has 36 heavy (non-hydrogen) atoms. The Kier molecular flexibility index (Phi) is 9.47. The summed E-state index contributed by atoms with van der Waals surface area (Å²) in [6.07, 6.45) is 6.25. The standard InChI is InChI=1S/C28H38N2O5S/c1-28(2,18-22-16-23-9-5-6-10-24(23)17-22)29-19-25(31)20-30(3)36(34,35)26-14-12-21(13-15-26)8-4-7-11-27(32)33/h4-6,8-10,12-15,22,25,29,31H,7,11,16-20H2,1-3H3,(H,32,33)/b8-4+/t25-/m1/s1. The van der Waals surface area contributed by atoms with E-state index < -0.39 is 22.1 Å². The largest absolute Gasteiger partial charge is 0.481 e. The highest BCUT2D eigenvalue weighted by atomic mass is 32.2. The van der Waals surface area contributed by atoms with Crippen LogP contribution in [0.5, 0.6) is 0 Å². The number of hydrogen-bond donors (Lipinski definition) is 3. The number of rotatable bonds is 13. The molecule has 2 aromatic carbocycles. The normalized spacial score (nSPS) is 15.5. The molecular weight excluding hydrogens is 476 g/mol. The van der Waals surface area contributed by atoms with Crippen molar-refractivity contribution in [2.24, 2.45) is 5.92 Å². The van der Waals surface area contributed by atoms with E-state index in [4.69, 9.17) is 5.11 Å². The molecule has 3 N–H and O–H groups in total. The van der Waals surface area contributed by atoms with E-state index in [-0.39, 0.29) is 23.4 Å². The minimum atomic E-state index is -3.75. The molecule has 2 aromatic rings. The SMILES string of the molecule is CN(C[C@H](O)CNC(C)(C)CC1Cc2ccccc2C1)S(=O)(=O)c1ccc(/C=C/CCC(=O)O)cc1. The van der Waals surface area contributed by atoms with E-state index in [9.17, 15) is 18.3 Å². The Labute approximate surface area is 214 Å². The van der Waals surface area contributed by atoms with Crippen LogP contribution in [0.3, 0.4) is 0 Å². The van der Waals surface area contributed by atoms with Crippen molar-refractivity contribution in [1.82, 2.24) is 9.62 Å². The van der Waals surface area contributed by atoms with E-state index in [1.165, 1.54) is 34.6 Å². The molecule has 0 aromatic heterocycles. The highest BCUT2D eigenvalue weighted by Gasteiger charge is 2.29. The number of aliphatic hydroxyl groups is 1. The highest BCUT2D eigenvalue weighted by molar-refractivity contribution is 7.89. The van der Waals surface area contributed by atoms with Gasteiger partial charge in [-0.2, -0.15) is 4.31 Å². The van der Waals surface area contributed by atoms with Crippen LogP contribution in [0.15, 0.2) is 59.5 Å². The molecule has 8 heteroatoms. The Bertz CT molecular complexity index is 1130. The third-order valence-corrected chi connectivity index (χ3v) is 8.48. The summed E-state index contributed by atoms with van der Waals surface area (Å²) in [4.78, 5) is 10.7. The van der Waals surface area contributed by atoms with Gasteiger partial charge in [-0.25, -0.2) is 8.42 Å². The van der Waals surface area contributed by atoms with Gasteiger partial charge in [0.05, 0.1) is 11.0 Å². The maximum Gasteiger partial charge on any atom is 0.303 e. The molecule has 0 bridgehead atoms. The van der Waals surface area contributed by atoms with Crippen LogP contribution in [0, 0.1) is 5.92 Å². The number of aliphatic carboxylic acids is 1. The smallest absolute Gasteiger partial charge is 0.303 e.